The molecule has 0 saturated carbocycles. The fourth-order valence-electron chi connectivity index (χ4n) is 0.952. The molecule has 1 aromatic carbocycles. The van der Waals surface area contributed by atoms with E-state index in [9.17, 15) is 18.0 Å². The van der Waals surface area contributed by atoms with E-state index in [-0.39, 0.29) is 0 Å². The Hall–Kier alpha value is -2.03. The Morgan fingerprint density at radius 2 is 1.88 bits per heavy atom. The van der Waals surface area contributed by atoms with Gasteiger partial charge in [-0.25, -0.2) is 13.2 Å². The zero-order chi connectivity index (χ0) is 12.3. The third-order valence-electron chi connectivity index (χ3n) is 1.84. The highest BCUT2D eigenvalue weighted by Gasteiger charge is 2.17. The first kappa shape index (κ1) is 12.0. The van der Waals surface area contributed by atoms with Crippen molar-refractivity contribution in [3.05, 3.63) is 29.6 Å². The first-order valence-electron chi connectivity index (χ1n) is 4.30. The van der Waals surface area contributed by atoms with Crippen molar-refractivity contribution in [1.29, 1.82) is 5.26 Å². The summed E-state index contributed by atoms with van der Waals surface area (Å²) in [6, 6.07) is 2.48. The highest BCUT2D eigenvalue weighted by Crippen LogP contribution is 2.20. The number of hydrogen-bond acceptors (Lipinski definition) is 2. The summed E-state index contributed by atoms with van der Waals surface area (Å²) in [5.41, 5.74) is -0.756. The summed E-state index contributed by atoms with van der Waals surface area (Å²) in [6.45, 7) is 1.27. The molecule has 0 fully saturated rings. The minimum atomic E-state index is -1.23. The summed E-state index contributed by atoms with van der Waals surface area (Å²) >= 11 is 0. The van der Waals surface area contributed by atoms with Crippen molar-refractivity contribution in [3.8, 4) is 6.07 Å². The molecule has 0 bridgehead atoms. The summed E-state index contributed by atoms with van der Waals surface area (Å²) in [4.78, 5) is 11.2. The van der Waals surface area contributed by atoms with E-state index in [1.807, 2.05) is 5.32 Å². The number of anilines is 1. The van der Waals surface area contributed by atoms with Gasteiger partial charge in [0.05, 0.1) is 6.07 Å². The zero-order valence-corrected chi connectivity index (χ0v) is 8.22. The van der Waals surface area contributed by atoms with Gasteiger partial charge in [0.1, 0.15) is 17.4 Å². The molecule has 16 heavy (non-hydrogen) atoms. The molecule has 0 saturated heterocycles. The summed E-state index contributed by atoms with van der Waals surface area (Å²) in [7, 11) is 0. The first-order valence-corrected chi connectivity index (χ1v) is 4.30. The number of carbonyl (C=O) groups is 1. The van der Waals surface area contributed by atoms with E-state index in [2.05, 4.69) is 0 Å². The van der Waals surface area contributed by atoms with Gasteiger partial charge in [0, 0.05) is 12.1 Å². The smallest absolute Gasteiger partial charge is 0.241 e. The molecule has 3 nitrogen and oxygen atoms in total. The minimum Gasteiger partial charge on any atom is -0.320 e. The Kier molecular flexibility index (Phi) is 3.51. The Morgan fingerprint density at radius 3 is 2.31 bits per heavy atom. The molecular weight excluding hydrogens is 221 g/mol. The second-order valence-electron chi connectivity index (χ2n) is 3.08. The molecule has 0 aliphatic heterocycles. The van der Waals surface area contributed by atoms with Crippen LogP contribution in [0.15, 0.2) is 12.1 Å². The lowest BCUT2D eigenvalue weighted by atomic mass is 10.2. The molecule has 0 spiro atoms. The van der Waals surface area contributed by atoms with E-state index in [0.717, 1.165) is 0 Å². The maximum absolute atomic E-state index is 13.1. The van der Waals surface area contributed by atoms with E-state index in [1.165, 1.54) is 6.92 Å². The molecule has 1 aromatic rings. The van der Waals surface area contributed by atoms with Crippen LogP contribution in [0, 0.1) is 34.7 Å². The van der Waals surface area contributed by atoms with Crippen molar-refractivity contribution < 1.29 is 18.0 Å². The monoisotopic (exact) mass is 228 g/mol. The van der Waals surface area contributed by atoms with Gasteiger partial charge in [0.15, 0.2) is 11.6 Å². The summed E-state index contributed by atoms with van der Waals surface area (Å²) < 4.78 is 38.6. The lowest BCUT2D eigenvalue weighted by molar-refractivity contribution is -0.118. The third-order valence-corrected chi connectivity index (χ3v) is 1.84. The lowest BCUT2D eigenvalue weighted by Crippen LogP contribution is -2.20. The fraction of sp³-hybridized carbons (Fsp3) is 0.200. The molecule has 0 heterocycles. The average Bonchev–Trinajstić information content (AvgIpc) is 2.21. The maximum Gasteiger partial charge on any atom is 0.241 e. The van der Waals surface area contributed by atoms with Crippen LogP contribution in [0.5, 0.6) is 0 Å². The molecule has 0 radical (unpaired) electrons. The molecule has 1 N–H and O–H groups in total. The van der Waals surface area contributed by atoms with Crippen molar-refractivity contribution in [2.24, 2.45) is 5.92 Å². The maximum atomic E-state index is 13.1. The number of amides is 1. The summed E-state index contributed by atoms with van der Waals surface area (Å²) in [5.74, 6) is -5.44. The van der Waals surface area contributed by atoms with Gasteiger partial charge in [-0.2, -0.15) is 5.26 Å². The highest BCUT2D eigenvalue weighted by molar-refractivity contribution is 5.94. The number of carbonyl (C=O) groups excluding carboxylic acids is 1. The van der Waals surface area contributed by atoms with E-state index >= 15 is 0 Å². The Balaban J connectivity index is 2.99. The topological polar surface area (TPSA) is 52.9 Å². The molecule has 1 atom stereocenters. The number of halogens is 3. The van der Waals surface area contributed by atoms with Gasteiger partial charge in [-0.1, -0.05) is 0 Å². The second kappa shape index (κ2) is 4.66. The van der Waals surface area contributed by atoms with Gasteiger partial charge in [-0.05, 0) is 6.92 Å². The number of rotatable bonds is 2. The molecule has 6 heteroatoms. The van der Waals surface area contributed by atoms with Crippen LogP contribution in [0.3, 0.4) is 0 Å². The first-order chi connectivity index (χ1) is 7.45. The number of nitriles is 1. The molecule has 84 valence electrons. The van der Waals surface area contributed by atoms with E-state index in [4.69, 9.17) is 5.26 Å². The van der Waals surface area contributed by atoms with Gasteiger partial charge >= 0.3 is 0 Å². The van der Waals surface area contributed by atoms with Crippen molar-refractivity contribution in [3.63, 3.8) is 0 Å². The minimum absolute atomic E-state index is 0.440. The summed E-state index contributed by atoms with van der Waals surface area (Å²) in [6.07, 6.45) is 0. The fourth-order valence-corrected chi connectivity index (χ4v) is 0.952. The van der Waals surface area contributed by atoms with Gasteiger partial charge in [0.25, 0.3) is 0 Å². The van der Waals surface area contributed by atoms with Gasteiger partial charge in [-0.3, -0.25) is 4.79 Å². The van der Waals surface area contributed by atoms with Crippen molar-refractivity contribution in [1.82, 2.24) is 0 Å². The molecule has 0 aliphatic carbocycles. The third kappa shape index (κ3) is 2.51. The Morgan fingerprint density at radius 1 is 1.38 bits per heavy atom. The van der Waals surface area contributed by atoms with Gasteiger partial charge < -0.3 is 5.32 Å². The van der Waals surface area contributed by atoms with Crippen molar-refractivity contribution in [2.45, 2.75) is 6.92 Å². The number of nitrogens with one attached hydrogen (secondary N) is 1. The molecule has 1 unspecified atom stereocenters. The van der Waals surface area contributed by atoms with Crippen LogP contribution in [0.1, 0.15) is 6.92 Å². The van der Waals surface area contributed by atoms with E-state index < -0.39 is 35.0 Å². The van der Waals surface area contributed by atoms with Crippen LogP contribution >= 0.6 is 0 Å². The van der Waals surface area contributed by atoms with Crippen LogP contribution < -0.4 is 5.32 Å². The molecular formula is C10H7F3N2O. The molecule has 0 aromatic heterocycles. The molecule has 1 rings (SSSR count). The van der Waals surface area contributed by atoms with Crippen LogP contribution in [-0.4, -0.2) is 5.91 Å². The van der Waals surface area contributed by atoms with Crippen LogP contribution in [-0.2, 0) is 4.79 Å². The van der Waals surface area contributed by atoms with E-state index in [0.29, 0.717) is 12.1 Å². The predicted molar refractivity (Wildman–Crippen MR) is 49.7 cm³/mol. The van der Waals surface area contributed by atoms with Crippen LogP contribution in [0.4, 0.5) is 18.9 Å². The van der Waals surface area contributed by atoms with E-state index in [1.54, 1.807) is 6.07 Å². The largest absolute Gasteiger partial charge is 0.320 e. The van der Waals surface area contributed by atoms with Gasteiger partial charge in [-0.15, -0.1) is 0 Å². The molecule has 1 amide bonds. The highest BCUT2D eigenvalue weighted by atomic mass is 19.1. The Bertz CT molecular complexity index is 445. The van der Waals surface area contributed by atoms with Crippen LogP contribution in [0.2, 0.25) is 0 Å². The molecule has 0 aliphatic rings. The normalized spacial score (nSPS) is 11.7. The second-order valence-corrected chi connectivity index (χ2v) is 3.08. The number of benzene rings is 1. The van der Waals surface area contributed by atoms with Crippen molar-refractivity contribution in [2.75, 3.05) is 5.32 Å². The quantitative estimate of drug-likeness (QED) is 0.843. The number of hydrogen-bond donors (Lipinski definition) is 1. The average molecular weight is 228 g/mol. The summed E-state index contributed by atoms with van der Waals surface area (Å²) in [5, 5.41) is 10.3. The van der Waals surface area contributed by atoms with Crippen molar-refractivity contribution >= 4 is 11.6 Å². The van der Waals surface area contributed by atoms with Crippen LogP contribution in [0.25, 0.3) is 0 Å². The SMILES string of the molecule is CC(C#N)C(=O)Nc1c(F)cc(F)cc1F. The zero-order valence-electron chi connectivity index (χ0n) is 8.22. The lowest BCUT2D eigenvalue weighted by Gasteiger charge is -2.08. The number of nitrogens with zero attached hydrogens (tertiary/aromatic N) is 1. The Labute approximate surface area is 89.5 Å². The standard InChI is InChI=1S/C10H7F3N2O/c1-5(4-14)10(16)15-9-7(12)2-6(11)3-8(9)13/h2-3,5H,1H3,(H,15,16). The predicted octanol–water partition coefficient (Wildman–Crippen LogP) is 2.20. The van der Waals surface area contributed by atoms with Gasteiger partial charge in [0.2, 0.25) is 5.91 Å².